The van der Waals surface area contributed by atoms with Crippen LogP contribution >= 0.6 is 0 Å². The van der Waals surface area contributed by atoms with Crippen LogP contribution < -0.4 is 5.32 Å². The van der Waals surface area contributed by atoms with Crippen LogP contribution in [0.1, 0.15) is 11.1 Å². The van der Waals surface area contributed by atoms with Gasteiger partial charge in [0, 0.05) is 31.9 Å². The van der Waals surface area contributed by atoms with Gasteiger partial charge in [0.05, 0.1) is 19.3 Å². The van der Waals surface area contributed by atoms with Gasteiger partial charge in [-0.3, -0.25) is 14.3 Å². The largest absolute Gasteiger partial charge is 0.452 e. The number of esters is 1. The highest BCUT2D eigenvalue weighted by Gasteiger charge is 2.08. The molecule has 2 amide bonds. The molecule has 1 aromatic heterocycles. The van der Waals surface area contributed by atoms with Crippen LogP contribution in [0.2, 0.25) is 0 Å². The van der Waals surface area contributed by atoms with E-state index in [0.717, 1.165) is 11.1 Å². The summed E-state index contributed by atoms with van der Waals surface area (Å²) in [5.41, 5.74) is 1.86. The molecule has 0 saturated heterocycles. The van der Waals surface area contributed by atoms with Crippen LogP contribution in [-0.2, 0) is 25.7 Å². The predicted octanol–water partition coefficient (Wildman–Crippen LogP) is 0.692. The minimum atomic E-state index is -0.653. The van der Waals surface area contributed by atoms with Crippen molar-refractivity contribution in [1.29, 1.82) is 0 Å². The van der Waals surface area contributed by atoms with Crippen molar-refractivity contribution in [1.82, 2.24) is 20.0 Å². The van der Waals surface area contributed by atoms with E-state index in [1.165, 1.54) is 11.0 Å². The Morgan fingerprint density at radius 1 is 1.22 bits per heavy atom. The van der Waals surface area contributed by atoms with E-state index >= 15 is 0 Å². The zero-order valence-corrected chi connectivity index (χ0v) is 15.3. The van der Waals surface area contributed by atoms with Gasteiger partial charge in [-0.15, -0.1) is 0 Å². The zero-order valence-electron chi connectivity index (χ0n) is 15.3. The molecule has 27 heavy (non-hydrogen) atoms. The van der Waals surface area contributed by atoms with E-state index in [4.69, 9.17) is 4.74 Å². The van der Waals surface area contributed by atoms with Gasteiger partial charge in [0.2, 0.25) is 5.91 Å². The fourth-order valence-electron chi connectivity index (χ4n) is 2.05. The van der Waals surface area contributed by atoms with E-state index in [9.17, 15) is 14.4 Å². The average Bonchev–Trinajstić information content (AvgIpc) is 3.10. The molecule has 0 aliphatic rings. The Balaban J connectivity index is 1.75. The fourth-order valence-corrected chi connectivity index (χ4v) is 2.05. The smallest absolute Gasteiger partial charge is 0.331 e. The highest BCUT2D eigenvalue weighted by Crippen LogP contribution is 2.05. The highest BCUT2D eigenvalue weighted by molar-refractivity contribution is 5.90. The summed E-state index contributed by atoms with van der Waals surface area (Å²) in [5, 5.41) is 6.61. The van der Waals surface area contributed by atoms with Crippen molar-refractivity contribution in [2.75, 3.05) is 27.2 Å². The molecular weight excluding hydrogens is 348 g/mol. The molecule has 0 atom stereocenters. The fraction of sp³-hybridized carbons (Fsp3) is 0.263. The third-order valence-corrected chi connectivity index (χ3v) is 3.53. The van der Waals surface area contributed by atoms with Crippen molar-refractivity contribution in [3.05, 3.63) is 59.9 Å². The first kappa shape index (κ1) is 19.9. The van der Waals surface area contributed by atoms with E-state index in [-0.39, 0.29) is 12.5 Å². The molecule has 2 aromatic rings. The van der Waals surface area contributed by atoms with Gasteiger partial charge in [0.15, 0.2) is 6.61 Å². The number of hydrogen-bond acceptors (Lipinski definition) is 5. The first-order chi connectivity index (χ1) is 12.9. The molecule has 0 fully saturated rings. The molecule has 2 rings (SSSR count). The number of hydrogen-bond donors (Lipinski definition) is 1. The van der Waals surface area contributed by atoms with Crippen molar-refractivity contribution >= 4 is 23.9 Å². The molecule has 0 radical (unpaired) electrons. The first-order valence-electron chi connectivity index (χ1n) is 8.32. The number of amides is 2. The van der Waals surface area contributed by atoms with Crippen LogP contribution in [-0.4, -0.2) is 59.7 Å². The number of likely N-dealkylation sites (N-methyl/N-ethyl adjacent to an activating group) is 1. The molecule has 1 N–H and O–H groups in total. The summed E-state index contributed by atoms with van der Waals surface area (Å²) in [6.07, 6.45) is 6.22. The van der Waals surface area contributed by atoms with Crippen LogP contribution in [0.3, 0.4) is 0 Å². The molecule has 142 valence electrons. The van der Waals surface area contributed by atoms with E-state index < -0.39 is 18.5 Å². The summed E-state index contributed by atoms with van der Waals surface area (Å²) in [4.78, 5) is 35.9. The van der Waals surface area contributed by atoms with Gasteiger partial charge < -0.3 is 15.0 Å². The lowest BCUT2D eigenvalue weighted by Crippen LogP contribution is -2.38. The van der Waals surface area contributed by atoms with E-state index in [1.807, 2.05) is 30.3 Å². The van der Waals surface area contributed by atoms with E-state index in [2.05, 4.69) is 10.4 Å². The van der Waals surface area contributed by atoms with Gasteiger partial charge in [-0.05, 0) is 11.6 Å². The predicted molar refractivity (Wildman–Crippen MR) is 99.5 cm³/mol. The number of rotatable bonds is 8. The van der Waals surface area contributed by atoms with Gasteiger partial charge >= 0.3 is 5.97 Å². The minimum absolute atomic E-state index is 0.139. The number of ether oxygens (including phenoxy) is 1. The lowest BCUT2D eigenvalue weighted by Gasteiger charge is -2.10. The van der Waals surface area contributed by atoms with Crippen molar-refractivity contribution in [2.24, 2.45) is 0 Å². The molecule has 1 aromatic carbocycles. The maximum atomic E-state index is 11.7. The Hall–Kier alpha value is -3.42. The summed E-state index contributed by atoms with van der Waals surface area (Å²) in [6.45, 7) is 0.0436. The second kappa shape index (κ2) is 9.91. The van der Waals surface area contributed by atoms with Gasteiger partial charge in [-0.1, -0.05) is 30.3 Å². The topological polar surface area (TPSA) is 93.5 Å². The van der Waals surface area contributed by atoms with Crippen molar-refractivity contribution in [3.63, 3.8) is 0 Å². The second-order valence-corrected chi connectivity index (χ2v) is 5.96. The van der Waals surface area contributed by atoms with E-state index in [0.29, 0.717) is 6.54 Å². The third-order valence-electron chi connectivity index (χ3n) is 3.53. The summed E-state index contributed by atoms with van der Waals surface area (Å²) in [6, 6.07) is 9.88. The molecule has 0 aliphatic carbocycles. The highest BCUT2D eigenvalue weighted by atomic mass is 16.5. The number of carbonyl (C=O) groups is 3. The molecule has 0 aliphatic heterocycles. The zero-order chi connectivity index (χ0) is 19.6. The van der Waals surface area contributed by atoms with Crippen molar-refractivity contribution in [3.8, 4) is 0 Å². The normalized spacial score (nSPS) is 10.6. The monoisotopic (exact) mass is 370 g/mol. The van der Waals surface area contributed by atoms with Crippen LogP contribution in [0.15, 0.2) is 48.8 Å². The summed E-state index contributed by atoms with van der Waals surface area (Å²) < 4.78 is 6.59. The second-order valence-electron chi connectivity index (χ2n) is 5.96. The lowest BCUT2D eigenvalue weighted by molar-refractivity contribution is -0.144. The average molecular weight is 370 g/mol. The number of carbonyl (C=O) groups excluding carboxylic acids is 3. The summed E-state index contributed by atoms with van der Waals surface area (Å²) in [7, 11) is 3.17. The van der Waals surface area contributed by atoms with Crippen LogP contribution in [0.25, 0.3) is 6.08 Å². The Labute approximate surface area is 157 Å². The Kier molecular flexibility index (Phi) is 7.30. The van der Waals surface area contributed by atoms with Gasteiger partial charge in [-0.25, -0.2) is 4.79 Å². The number of nitrogens with one attached hydrogen (secondary N) is 1. The van der Waals surface area contributed by atoms with E-state index in [1.54, 1.807) is 37.2 Å². The van der Waals surface area contributed by atoms with Gasteiger partial charge in [0.1, 0.15) is 0 Å². The Bertz CT molecular complexity index is 812. The van der Waals surface area contributed by atoms with Crippen LogP contribution in [0.5, 0.6) is 0 Å². The standard InChI is InChI=1S/C19H22N4O4/c1-22(2)18(25)11-20-17(24)14-27-19(26)9-8-16-10-21-23(13-16)12-15-6-4-3-5-7-15/h3-10,13H,11-12,14H2,1-2H3,(H,20,24)/b9-8+. The maximum Gasteiger partial charge on any atom is 0.331 e. The molecule has 8 nitrogen and oxygen atoms in total. The molecule has 0 unspecified atom stereocenters. The Morgan fingerprint density at radius 2 is 1.96 bits per heavy atom. The van der Waals surface area contributed by atoms with Gasteiger partial charge in [-0.2, -0.15) is 5.10 Å². The maximum absolute atomic E-state index is 11.7. The number of benzene rings is 1. The number of nitrogens with zero attached hydrogens (tertiary/aromatic N) is 3. The third kappa shape index (κ3) is 7.15. The molecule has 1 heterocycles. The molecule has 8 heteroatoms. The lowest BCUT2D eigenvalue weighted by atomic mass is 10.2. The quantitative estimate of drug-likeness (QED) is 0.545. The SMILES string of the molecule is CN(C)C(=O)CNC(=O)COC(=O)/C=C/c1cnn(Cc2ccccc2)c1. The summed E-state index contributed by atoms with van der Waals surface area (Å²) in [5.74, 6) is -1.44. The molecule has 0 bridgehead atoms. The van der Waals surface area contributed by atoms with Crippen molar-refractivity contribution < 1.29 is 19.1 Å². The first-order valence-corrected chi connectivity index (χ1v) is 8.32. The van der Waals surface area contributed by atoms with Crippen molar-refractivity contribution in [2.45, 2.75) is 6.54 Å². The molecule has 0 saturated carbocycles. The summed E-state index contributed by atoms with van der Waals surface area (Å²) >= 11 is 0. The minimum Gasteiger partial charge on any atom is -0.452 e. The molecular formula is C19H22N4O4. The number of aromatic nitrogens is 2. The van der Waals surface area contributed by atoms with Crippen LogP contribution in [0.4, 0.5) is 0 Å². The van der Waals surface area contributed by atoms with Gasteiger partial charge in [0.25, 0.3) is 5.91 Å². The van der Waals surface area contributed by atoms with Crippen LogP contribution in [0, 0.1) is 0 Å². The Morgan fingerprint density at radius 3 is 2.67 bits per heavy atom. The molecule has 0 spiro atoms.